The first-order valence-corrected chi connectivity index (χ1v) is 18.3. The Hall–Kier alpha value is -6.42. The normalized spacial score (nSPS) is 12.3. The van der Waals surface area contributed by atoms with E-state index < -0.39 is 0 Å². The lowest BCUT2D eigenvalue weighted by atomic mass is 10.00. The van der Waals surface area contributed by atoms with Gasteiger partial charge in [-0.25, -0.2) is 0 Å². The molecule has 8 aromatic carbocycles. The Labute approximate surface area is 296 Å². The Morgan fingerprint density at radius 1 is 0.314 bits per heavy atom. The molecule has 4 aromatic heterocycles. The number of benzene rings is 8. The van der Waals surface area contributed by atoms with E-state index in [-0.39, 0.29) is 0 Å². The van der Waals surface area contributed by atoms with Gasteiger partial charge in [0.25, 0.3) is 0 Å². The van der Waals surface area contributed by atoms with Gasteiger partial charge >= 0.3 is 0 Å². The number of thiophene rings is 1. The van der Waals surface area contributed by atoms with Crippen LogP contribution in [0.1, 0.15) is 0 Å². The molecule has 0 saturated heterocycles. The summed E-state index contributed by atoms with van der Waals surface area (Å²) in [6, 6.07) is 62.8. The molecule has 51 heavy (non-hydrogen) atoms. The van der Waals surface area contributed by atoms with Gasteiger partial charge in [-0.3, -0.25) is 0 Å². The molecule has 0 aliphatic rings. The predicted molar refractivity (Wildman–Crippen MR) is 220 cm³/mol. The summed E-state index contributed by atoms with van der Waals surface area (Å²) < 4.78 is 7.68. The van der Waals surface area contributed by atoms with Crippen molar-refractivity contribution in [1.29, 1.82) is 0 Å². The monoisotopic (exact) mass is 664 g/mol. The van der Waals surface area contributed by atoms with E-state index in [0.29, 0.717) is 0 Å². The maximum atomic E-state index is 2.58. The zero-order chi connectivity index (χ0) is 33.2. The van der Waals surface area contributed by atoms with Crippen molar-refractivity contribution in [1.82, 2.24) is 8.97 Å². The third-order valence-corrected chi connectivity index (χ3v) is 12.2. The molecular weight excluding hydrogens is 637 g/mol. The molecule has 0 N–H and O–H groups in total. The Morgan fingerprint density at radius 3 is 1.75 bits per heavy atom. The van der Waals surface area contributed by atoms with Crippen LogP contribution in [0.15, 0.2) is 170 Å². The summed E-state index contributed by atoms with van der Waals surface area (Å²) in [6.45, 7) is 0. The van der Waals surface area contributed by atoms with Gasteiger partial charge in [0.2, 0.25) is 0 Å². The van der Waals surface area contributed by atoms with E-state index >= 15 is 0 Å². The first kappa shape index (κ1) is 27.4. The molecule has 0 unspecified atom stereocenters. The van der Waals surface area contributed by atoms with Gasteiger partial charge in [-0.05, 0) is 75.8 Å². The average Bonchev–Trinajstić information content (AvgIpc) is 3.86. The smallest absolute Gasteiger partial charge is 0.0634 e. The molecule has 4 heterocycles. The minimum Gasteiger partial charge on any atom is -0.309 e. The largest absolute Gasteiger partial charge is 0.309 e. The number of hydrogen-bond donors (Lipinski definition) is 0. The first-order valence-electron chi connectivity index (χ1n) is 17.5. The van der Waals surface area contributed by atoms with Gasteiger partial charge in [0, 0.05) is 52.8 Å². The summed E-state index contributed by atoms with van der Waals surface area (Å²) in [5.74, 6) is 0. The molecule has 236 valence electrons. The highest BCUT2D eigenvalue weighted by atomic mass is 32.1. The molecule has 12 aromatic rings. The van der Waals surface area contributed by atoms with E-state index in [1.807, 2.05) is 11.3 Å². The third-order valence-electron chi connectivity index (χ3n) is 11.1. The summed E-state index contributed by atoms with van der Waals surface area (Å²) in [5.41, 5.74) is 9.78. The van der Waals surface area contributed by atoms with Crippen molar-refractivity contribution in [3.63, 3.8) is 0 Å². The molecule has 0 bridgehead atoms. The molecule has 0 spiro atoms. The second-order valence-electron chi connectivity index (χ2n) is 13.6. The van der Waals surface area contributed by atoms with Crippen LogP contribution in [-0.2, 0) is 0 Å². The second-order valence-corrected chi connectivity index (χ2v) is 14.7. The highest BCUT2D eigenvalue weighted by Gasteiger charge is 2.23. The zero-order valence-electron chi connectivity index (χ0n) is 27.5. The topological polar surface area (TPSA) is 9.34 Å². The van der Waals surface area contributed by atoms with E-state index in [0.717, 1.165) is 5.69 Å². The van der Waals surface area contributed by atoms with Gasteiger partial charge in [0.15, 0.2) is 0 Å². The van der Waals surface area contributed by atoms with Crippen molar-refractivity contribution in [2.45, 2.75) is 0 Å². The van der Waals surface area contributed by atoms with Crippen LogP contribution in [0.5, 0.6) is 0 Å². The van der Waals surface area contributed by atoms with Gasteiger partial charge in [-0.15, -0.1) is 11.3 Å². The molecule has 0 aliphatic carbocycles. The number of nitrogens with zero attached hydrogens (tertiary/aromatic N) is 2. The zero-order valence-corrected chi connectivity index (χ0v) is 28.3. The van der Waals surface area contributed by atoms with Gasteiger partial charge in [-0.1, -0.05) is 121 Å². The van der Waals surface area contributed by atoms with E-state index in [4.69, 9.17) is 0 Å². The fourth-order valence-corrected chi connectivity index (χ4v) is 10.1. The molecule has 0 amide bonds. The first-order chi connectivity index (χ1) is 25.3. The molecule has 2 nitrogen and oxygen atoms in total. The molecular formula is C48H28N2S. The third kappa shape index (κ3) is 3.60. The fraction of sp³-hybridized carbons (Fsp3) is 0. The molecule has 0 radical (unpaired) electrons. The predicted octanol–water partition coefficient (Wildman–Crippen LogP) is 13.7. The molecule has 0 atom stereocenters. The number of para-hydroxylation sites is 2. The highest BCUT2D eigenvalue weighted by molar-refractivity contribution is 7.26. The van der Waals surface area contributed by atoms with Crippen molar-refractivity contribution in [2.24, 2.45) is 0 Å². The van der Waals surface area contributed by atoms with Crippen molar-refractivity contribution >= 4 is 102 Å². The Morgan fingerprint density at radius 2 is 0.922 bits per heavy atom. The number of fused-ring (bicyclic) bond motifs is 12. The van der Waals surface area contributed by atoms with Gasteiger partial charge in [-0.2, -0.15) is 0 Å². The van der Waals surface area contributed by atoms with Crippen molar-refractivity contribution in [3.05, 3.63) is 170 Å². The summed E-state index contributed by atoms with van der Waals surface area (Å²) in [5, 5.41) is 13.0. The van der Waals surface area contributed by atoms with Crippen molar-refractivity contribution < 1.29 is 0 Å². The Kier molecular flexibility index (Phi) is 5.41. The van der Waals surface area contributed by atoms with Crippen LogP contribution in [0.3, 0.4) is 0 Å². The summed E-state index contributed by atoms with van der Waals surface area (Å²) in [6.07, 6.45) is 0. The van der Waals surface area contributed by atoms with E-state index in [2.05, 4.69) is 179 Å². The molecule has 12 rings (SSSR count). The highest BCUT2D eigenvalue weighted by Crippen LogP contribution is 2.48. The van der Waals surface area contributed by atoms with Crippen molar-refractivity contribution in [2.75, 3.05) is 0 Å². The van der Waals surface area contributed by atoms with Crippen LogP contribution in [0.2, 0.25) is 0 Å². The molecule has 0 aliphatic heterocycles. The van der Waals surface area contributed by atoms with Crippen LogP contribution in [-0.4, -0.2) is 8.97 Å². The lowest BCUT2D eigenvalue weighted by Crippen LogP contribution is -1.93. The summed E-state index contributed by atoms with van der Waals surface area (Å²) >= 11 is 1.90. The minimum atomic E-state index is 1.16. The quantitative estimate of drug-likeness (QED) is 0.174. The van der Waals surface area contributed by atoms with Crippen LogP contribution < -0.4 is 0 Å². The molecule has 0 saturated carbocycles. The maximum absolute atomic E-state index is 2.58. The maximum Gasteiger partial charge on any atom is 0.0634 e. The van der Waals surface area contributed by atoms with E-state index in [1.54, 1.807) is 0 Å². The van der Waals surface area contributed by atoms with Crippen LogP contribution >= 0.6 is 11.3 Å². The Balaban J connectivity index is 1.31. The van der Waals surface area contributed by atoms with E-state index in [1.165, 1.54) is 102 Å². The van der Waals surface area contributed by atoms with Crippen molar-refractivity contribution in [3.8, 4) is 16.8 Å². The number of rotatable bonds is 2. The van der Waals surface area contributed by atoms with Crippen LogP contribution in [0, 0.1) is 0 Å². The van der Waals surface area contributed by atoms with Crippen LogP contribution in [0.4, 0.5) is 0 Å². The Bertz CT molecular complexity index is 3380. The fourth-order valence-electron chi connectivity index (χ4n) is 8.99. The summed E-state index contributed by atoms with van der Waals surface area (Å²) in [7, 11) is 0. The van der Waals surface area contributed by atoms with Gasteiger partial charge in [0.1, 0.15) is 0 Å². The van der Waals surface area contributed by atoms with Crippen LogP contribution in [0.25, 0.3) is 108 Å². The average molecular weight is 665 g/mol. The SMILES string of the molecule is c1ccc(-c2ccc(-n3c4ccccc4c4c5c6ccc7sc8cccc9c%10ccccc%10c%10ccccc%10n(c5ccc43)c6c7c89)cc2)cc1. The van der Waals surface area contributed by atoms with Gasteiger partial charge in [0.05, 0.1) is 27.6 Å². The molecule has 0 fully saturated rings. The standard InChI is InChI=1S/C48H28N2S/c1-2-11-29(12-3-1)30-21-23-31(24-22-30)49-39-19-9-7-16-36(39)44-40(49)26-27-41-45(44)37-25-28-43-47-46-35(17-10-20-42(46)51-43)33-14-5-4-13-32(33)34-15-6-8-18-38(34)50(41)48(37)47/h1-28H. The second kappa shape index (κ2) is 10.1. The lowest BCUT2D eigenvalue weighted by molar-refractivity contribution is 1.18. The molecule has 3 heteroatoms. The minimum absolute atomic E-state index is 1.16. The summed E-state index contributed by atoms with van der Waals surface area (Å²) in [4.78, 5) is 0. The lowest BCUT2D eigenvalue weighted by Gasteiger charge is -2.10. The number of hydrogen-bond acceptors (Lipinski definition) is 1. The van der Waals surface area contributed by atoms with Gasteiger partial charge < -0.3 is 8.97 Å². The number of aromatic nitrogens is 2. The van der Waals surface area contributed by atoms with E-state index in [9.17, 15) is 0 Å².